The van der Waals surface area contributed by atoms with Crippen LogP contribution in [0.1, 0.15) is 15.9 Å². The van der Waals surface area contributed by atoms with E-state index in [1.807, 2.05) is 12.1 Å². The maximum atomic E-state index is 11.8. The third-order valence-corrected chi connectivity index (χ3v) is 3.04. The average molecular weight is 321 g/mol. The normalized spacial score (nSPS) is 10.2. The first-order chi connectivity index (χ1) is 9.15. The molecule has 1 heterocycles. The van der Waals surface area contributed by atoms with Crippen molar-refractivity contribution in [2.75, 3.05) is 6.54 Å². The Morgan fingerprint density at radius 1 is 1.26 bits per heavy atom. The molecular formula is C14H13BrN2O2. The van der Waals surface area contributed by atoms with Gasteiger partial charge in [0.2, 0.25) is 0 Å². The minimum absolute atomic E-state index is 0.146. The molecular weight excluding hydrogens is 308 g/mol. The number of amides is 1. The van der Waals surface area contributed by atoms with Crippen LogP contribution in [0.3, 0.4) is 0 Å². The monoisotopic (exact) mass is 320 g/mol. The molecule has 0 unspecified atom stereocenters. The summed E-state index contributed by atoms with van der Waals surface area (Å²) >= 11 is 3.28. The van der Waals surface area contributed by atoms with Crippen molar-refractivity contribution in [3.8, 4) is 5.75 Å². The van der Waals surface area contributed by atoms with E-state index in [2.05, 4.69) is 26.2 Å². The second-order valence-corrected chi connectivity index (χ2v) is 4.98. The number of phenols is 1. The number of nitrogens with zero attached hydrogens (tertiary/aromatic N) is 1. The van der Waals surface area contributed by atoms with E-state index in [1.165, 1.54) is 6.20 Å². The second kappa shape index (κ2) is 6.33. The number of halogens is 1. The Morgan fingerprint density at radius 3 is 2.68 bits per heavy atom. The number of carbonyl (C=O) groups is 1. The van der Waals surface area contributed by atoms with Crippen LogP contribution < -0.4 is 5.32 Å². The van der Waals surface area contributed by atoms with Gasteiger partial charge >= 0.3 is 0 Å². The molecule has 2 aromatic rings. The molecule has 0 bridgehead atoms. The Hall–Kier alpha value is -1.88. The Morgan fingerprint density at radius 2 is 2.00 bits per heavy atom. The topological polar surface area (TPSA) is 62.2 Å². The van der Waals surface area contributed by atoms with Gasteiger partial charge in [0.1, 0.15) is 5.75 Å². The number of phenolic OH excluding ortho intramolecular Hbond substituents is 1. The number of aromatic hydroxyl groups is 1. The second-order valence-electron chi connectivity index (χ2n) is 4.06. The van der Waals surface area contributed by atoms with Crippen LogP contribution in [0.25, 0.3) is 0 Å². The molecule has 0 radical (unpaired) electrons. The summed E-state index contributed by atoms with van der Waals surface area (Å²) < 4.78 is 0.777. The summed E-state index contributed by atoms with van der Waals surface area (Å²) in [7, 11) is 0. The van der Waals surface area contributed by atoms with E-state index in [9.17, 15) is 4.79 Å². The summed E-state index contributed by atoms with van der Waals surface area (Å²) in [5, 5.41) is 12.0. The van der Waals surface area contributed by atoms with Crippen LogP contribution >= 0.6 is 15.9 Å². The first-order valence-corrected chi connectivity index (χ1v) is 6.61. The molecule has 0 fully saturated rings. The number of nitrogens with one attached hydrogen (secondary N) is 1. The molecule has 2 rings (SSSR count). The highest BCUT2D eigenvalue weighted by Gasteiger charge is 2.05. The first-order valence-electron chi connectivity index (χ1n) is 5.82. The number of aromatic nitrogens is 1. The number of hydrogen-bond acceptors (Lipinski definition) is 3. The summed E-state index contributed by atoms with van der Waals surface area (Å²) in [5.74, 6) is 0.0978. The molecule has 1 aromatic carbocycles. The third kappa shape index (κ3) is 4.06. The van der Waals surface area contributed by atoms with E-state index in [4.69, 9.17) is 5.11 Å². The van der Waals surface area contributed by atoms with E-state index >= 15 is 0 Å². The van der Waals surface area contributed by atoms with Crippen molar-refractivity contribution in [2.45, 2.75) is 6.42 Å². The lowest BCUT2D eigenvalue weighted by atomic mass is 10.1. The molecule has 0 saturated heterocycles. The molecule has 0 aliphatic heterocycles. The van der Waals surface area contributed by atoms with E-state index in [0.29, 0.717) is 18.5 Å². The zero-order valence-electron chi connectivity index (χ0n) is 10.1. The van der Waals surface area contributed by atoms with Crippen LogP contribution in [0.15, 0.2) is 47.2 Å². The fourth-order valence-corrected chi connectivity index (χ4v) is 1.99. The number of hydrogen-bond donors (Lipinski definition) is 2. The van der Waals surface area contributed by atoms with Gasteiger partial charge in [-0.25, -0.2) is 0 Å². The minimum Gasteiger partial charge on any atom is -0.508 e. The lowest BCUT2D eigenvalue weighted by Gasteiger charge is -2.05. The smallest absolute Gasteiger partial charge is 0.252 e. The van der Waals surface area contributed by atoms with Crippen LogP contribution in [-0.2, 0) is 6.42 Å². The molecule has 0 spiro atoms. The highest BCUT2D eigenvalue weighted by atomic mass is 79.9. The Balaban J connectivity index is 1.86. The van der Waals surface area contributed by atoms with Crippen LogP contribution in [0, 0.1) is 0 Å². The Kier molecular flexibility index (Phi) is 4.52. The maximum Gasteiger partial charge on any atom is 0.252 e. The van der Waals surface area contributed by atoms with Gasteiger partial charge in [0.25, 0.3) is 5.91 Å². The lowest BCUT2D eigenvalue weighted by molar-refractivity contribution is 0.0953. The molecule has 0 saturated carbocycles. The van der Waals surface area contributed by atoms with Gasteiger partial charge in [-0.05, 0) is 46.1 Å². The van der Waals surface area contributed by atoms with Crippen LogP contribution in [-0.4, -0.2) is 22.5 Å². The van der Waals surface area contributed by atoms with Crippen LogP contribution in [0.4, 0.5) is 0 Å². The van der Waals surface area contributed by atoms with Crippen molar-refractivity contribution in [2.24, 2.45) is 0 Å². The van der Waals surface area contributed by atoms with Crippen LogP contribution in [0.5, 0.6) is 5.75 Å². The zero-order chi connectivity index (χ0) is 13.7. The standard InChI is InChI=1S/C14H13BrN2O2/c15-12-7-11(8-16-9-12)14(19)17-6-5-10-1-3-13(18)4-2-10/h1-4,7-9,18H,5-6H2,(H,17,19). The van der Waals surface area contributed by atoms with E-state index in [1.54, 1.807) is 24.4 Å². The van der Waals surface area contributed by atoms with Crippen molar-refractivity contribution in [1.29, 1.82) is 0 Å². The molecule has 1 aromatic heterocycles. The average Bonchev–Trinajstić information content (AvgIpc) is 2.41. The molecule has 0 aliphatic carbocycles. The molecule has 98 valence electrons. The summed E-state index contributed by atoms with van der Waals surface area (Å²) in [6.07, 6.45) is 3.88. The van der Waals surface area contributed by atoms with Gasteiger partial charge in [0.05, 0.1) is 5.56 Å². The molecule has 2 N–H and O–H groups in total. The van der Waals surface area contributed by atoms with Crippen molar-refractivity contribution in [3.63, 3.8) is 0 Å². The maximum absolute atomic E-state index is 11.8. The zero-order valence-corrected chi connectivity index (χ0v) is 11.7. The van der Waals surface area contributed by atoms with Crippen molar-refractivity contribution < 1.29 is 9.90 Å². The summed E-state index contributed by atoms with van der Waals surface area (Å²) in [6.45, 7) is 0.538. The van der Waals surface area contributed by atoms with Gasteiger partial charge in [-0.1, -0.05) is 12.1 Å². The first kappa shape index (κ1) is 13.5. The SMILES string of the molecule is O=C(NCCc1ccc(O)cc1)c1cncc(Br)c1. The number of pyridine rings is 1. The summed E-state index contributed by atoms with van der Waals surface area (Å²) in [4.78, 5) is 15.8. The fourth-order valence-electron chi connectivity index (χ4n) is 1.62. The van der Waals surface area contributed by atoms with Gasteiger partial charge in [0.15, 0.2) is 0 Å². The minimum atomic E-state index is -0.146. The highest BCUT2D eigenvalue weighted by molar-refractivity contribution is 9.10. The third-order valence-electron chi connectivity index (χ3n) is 2.60. The van der Waals surface area contributed by atoms with Crippen molar-refractivity contribution in [1.82, 2.24) is 10.3 Å². The number of rotatable bonds is 4. The van der Waals surface area contributed by atoms with Crippen LogP contribution in [0.2, 0.25) is 0 Å². The largest absolute Gasteiger partial charge is 0.508 e. The quantitative estimate of drug-likeness (QED) is 0.910. The van der Waals surface area contributed by atoms with Crippen molar-refractivity contribution in [3.05, 3.63) is 58.3 Å². The molecule has 0 aliphatic rings. The number of benzene rings is 1. The Bertz CT molecular complexity index is 570. The predicted molar refractivity (Wildman–Crippen MR) is 76.1 cm³/mol. The molecule has 5 heteroatoms. The number of carbonyl (C=O) groups excluding carboxylic acids is 1. The molecule has 0 atom stereocenters. The van der Waals surface area contributed by atoms with Gasteiger partial charge in [-0.15, -0.1) is 0 Å². The molecule has 4 nitrogen and oxygen atoms in total. The van der Waals surface area contributed by atoms with Gasteiger partial charge in [-0.2, -0.15) is 0 Å². The highest BCUT2D eigenvalue weighted by Crippen LogP contribution is 2.10. The summed E-state index contributed by atoms with van der Waals surface area (Å²) in [6, 6.07) is 8.66. The van der Waals surface area contributed by atoms with E-state index in [0.717, 1.165) is 10.0 Å². The molecule has 1 amide bonds. The van der Waals surface area contributed by atoms with E-state index in [-0.39, 0.29) is 11.7 Å². The Labute approximate surface area is 119 Å². The lowest BCUT2D eigenvalue weighted by Crippen LogP contribution is -2.25. The predicted octanol–water partition coefficient (Wildman–Crippen LogP) is 2.52. The summed E-state index contributed by atoms with van der Waals surface area (Å²) in [5.41, 5.74) is 1.59. The molecule has 19 heavy (non-hydrogen) atoms. The van der Waals surface area contributed by atoms with Crippen molar-refractivity contribution >= 4 is 21.8 Å². The van der Waals surface area contributed by atoms with Gasteiger partial charge < -0.3 is 10.4 Å². The fraction of sp³-hybridized carbons (Fsp3) is 0.143. The van der Waals surface area contributed by atoms with E-state index < -0.39 is 0 Å². The van der Waals surface area contributed by atoms with Gasteiger partial charge in [0, 0.05) is 23.4 Å². The van der Waals surface area contributed by atoms with Gasteiger partial charge in [-0.3, -0.25) is 9.78 Å².